The Hall–Kier alpha value is -1.69. The van der Waals surface area contributed by atoms with Crippen LogP contribution in [0.2, 0.25) is 0 Å². The van der Waals surface area contributed by atoms with Gasteiger partial charge in [0, 0.05) is 13.1 Å². The van der Waals surface area contributed by atoms with Crippen molar-refractivity contribution in [1.82, 2.24) is 10.2 Å². The Bertz CT molecular complexity index is 431. The van der Waals surface area contributed by atoms with Crippen LogP contribution in [-0.4, -0.2) is 45.1 Å². The third-order valence-corrected chi connectivity index (χ3v) is 3.26. The lowest BCUT2D eigenvalue weighted by molar-refractivity contribution is 0.0481. The molecule has 6 nitrogen and oxygen atoms in total. The van der Waals surface area contributed by atoms with Crippen LogP contribution < -0.4 is 4.90 Å². The number of carbonyl (C=O) groups is 1. The van der Waals surface area contributed by atoms with E-state index in [1.54, 1.807) is 6.07 Å². The second-order valence-corrected chi connectivity index (χ2v) is 4.92. The molecule has 0 bridgehead atoms. The molecule has 2 heterocycles. The van der Waals surface area contributed by atoms with E-state index in [0.717, 1.165) is 19.4 Å². The first kappa shape index (κ1) is 12.8. The number of anilines is 1. The van der Waals surface area contributed by atoms with E-state index >= 15 is 0 Å². The molecule has 2 rings (SSSR count). The van der Waals surface area contributed by atoms with Crippen LogP contribution in [0.3, 0.4) is 0 Å². The highest BCUT2D eigenvalue weighted by Crippen LogP contribution is 2.23. The van der Waals surface area contributed by atoms with E-state index in [9.17, 15) is 9.90 Å². The minimum absolute atomic E-state index is 0.0550. The van der Waals surface area contributed by atoms with Crippen molar-refractivity contribution in [3.8, 4) is 0 Å². The largest absolute Gasteiger partial charge is 0.476 e. The van der Waals surface area contributed by atoms with Crippen molar-refractivity contribution >= 4 is 11.8 Å². The molecule has 1 saturated heterocycles. The molecule has 0 spiro atoms. The molecule has 1 unspecified atom stereocenters. The zero-order chi connectivity index (χ0) is 13.2. The molecule has 1 fully saturated rings. The number of carboxylic acid groups (broad SMARTS) is 1. The minimum Gasteiger partial charge on any atom is -0.476 e. The van der Waals surface area contributed by atoms with Gasteiger partial charge in [-0.2, -0.15) is 0 Å². The molecule has 1 aliphatic rings. The number of aromatic nitrogens is 2. The average molecular weight is 251 g/mol. The Morgan fingerprint density at radius 3 is 2.72 bits per heavy atom. The van der Waals surface area contributed by atoms with E-state index in [1.165, 1.54) is 6.07 Å². The first-order chi connectivity index (χ1) is 8.48. The monoisotopic (exact) mass is 251 g/mol. The quantitative estimate of drug-likeness (QED) is 0.812. The van der Waals surface area contributed by atoms with Crippen molar-refractivity contribution in [2.75, 3.05) is 18.0 Å². The number of aromatic carboxylic acids is 1. The molecule has 2 N–H and O–H groups in total. The van der Waals surface area contributed by atoms with Gasteiger partial charge in [-0.1, -0.05) is 0 Å². The number of carboxylic acids is 1. The minimum atomic E-state index is -1.08. The zero-order valence-electron chi connectivity index (χ0n) is 10.3. The normalized spacial score (nSPS) is 24.7. The molecule has 0 aliphatic carbocycles. The highest BCUT2D eigenvalue weighted by atomic mass is 16.4. The van der Waals surface area contributed by atoms with Gasteiger partial charge in [-0.05, 0) is 38.3 Å². The van der Waals surface area contributed by atoms with Gasteiger partial charge < -0.3 is 15.1 Å². The smallest absolute Gasteiger partial charge is 0.356 e. The highest BCUT2D eigenvalue weighted by molar-refractivity contribution is 5.85. The lowest BCUT2D eigenvalue weighted by Gasteiger charge is -2.22. The van der Waals surface area contributed by atoms with Crippen LogP contribution in [0.15, 0.2) is 12.1 Å². The van der Waals surface area contributed by atoms with Gasteiger partial charge in [0.1, 0.15) is 0 Å². The maximum Gasteiger partial charge on any atom is 0.356 e. The van der Waals surface area contributed by atoms with Crippen LogP contribution in [-0.2, 0) is 0 Å². The molecule has 1 atom stereocenters. The number of nitrogens with zero attached hydrogens (tertiary/aromatic N) is 3. The Morgan fingerprint density at radius 1 is 1.33 bits per heavy atom. The standard InChI is InChI=1S/C12H17N3O3/c1-12(18)5-2-7-15(8-6-12)10-4-3-9(11(16)17)13-14-10/h3-4,18H,2,5-8H2,1H3,(H,16,17). The number of rotatable bonds is 2. The lowest BCUT2D eigenvalue weighted by Crippen LogP contribution is -2.29. The SMILES string of the molecule is CC1(O)CCCN(c2ccc(C(=O)O)nn2)CC1. The summed E-state index contributed by atoms with van der Waals surface area (Å²) in [7, 11) is 0. The van der Waals surface area contributed by atoms with E-state index in [4.69, 9.17) is 5.11 Å². The van der Waals surface area contributed by atoms with Gasteiger partial charge in [0.05, 0.1) is 5.60 Å². The number of aliphatic hydroxyl groups is 1. The fraction of sp³-hybridized carbons (Fsp3) is 0.583. The van der Waals surface area contributed by atoms with Crippen molar-refractivity contribution < 1.29 is 15.0 Å². The van der Waals surface area contributed by atoms with Crippen LogP contribution in [0, 0.1) is 0 Å². The highest BCUT2D eigenvalue weighted by Gasteiger charge is 2.25. The average Bonchev–Trinajstić information content (AvgIpc) is 2.50. The summed E-state index contributed by atoms with van der Waals surface area (Å²) >= 11 is 0. The Morgan fingerprint density at radius 2 is 2.11 bits per heavy atom. The predicted molar refractivity (Wildman–Crippen MR) is 65.7 cm³/mol. The van der Waals surface area contributed by atoms with Crippen molar-refractivity contribution in [3.05, 3.63) is 17.8 Å². The first-order valence-corrected chi connectivity index (χ1v) is 6.02. The van der Waals surface area contributed by atoms with Crippen molar-refractivity contribution in [1.29, 1.82) is 0 Å². The summed E-state index contributed by atoms with van der Waals surface area (Å²) in [4.78, 5) is 12.7. The van der Waals surface area contributed by atoms with E-state index in [0.29, 0.717) is 18.8 Å². The van der Waals surface area contributed by atoms with Gasteiger partial charge in [-0.15, -0.1) is 10.2 Å². The van der Waals surface area contributed by atoms with Crippen LogP contribution >= 0.6 is 0 Å². The second kappa shape index (κ2) is 4.89. The fourth-order valence-electron chi connectivity index (χ4n) is 2.10. The van der Waals surface area contributed by atoms with E-state index in [2.05, 4.69) is 10.2 Å². The molecule has 18 heavy (non-hydrogen) atoms. The molecule has 0 saturated carbocycles. The van der Waals surface area contributed by atoms with Crippen molar-refractivity contribution in [2.45, 2.75) is 31.8 Å². The van der Waals surface area contributed by atoms with Gasteiger partial charge >= 0.3 is 5.97 Å². The van der Waals surface area contributed by atoms with Gasteiger partial charge in [0.2, 0.25) is 0 Å². The van der Waals surface area contributed by atoms with Gasteiger partial charge in [0.25, 0.3) is 0 Å². The van der Waals surface area contributed by atoms with Crippen molar-refractivity contribution in [3.63, 3.8) is 0 Å². The molecule has 0 amide bonds. The van der Waals surface area contributed by atoms with Gasteiger partial charge in [-0.25, -0.2) is 4.79 Å². The second-order valence-electron chi connectivity index (χ2n) is 4.92. The number of hydrogen-bond donors (Lipinski definition) is 2. The number of hydrogen-bond acceptors (Lipinski definition) is 5. The third kappa shape index (κ3) is 2.95. The summed E-state index contributed by atoms with van der Waals surface area (Å²) in [6.07, 6.45) is 2.33. The molecular weight excluding hydrogens is 234 g/mol. The first-order valence-electron chi connectivity index (χ1n) is 6.02. The molecule has 0 radical (unpaired) electrons. The molecule has 6 heteroatoms. The Labute approximate surface area is 105 Å². The van der Waals surface area contributed by atoms with Crippen LogP contribution in [0.25, 0.3) is 0 Å². The van der Waals surface area contributed by atoms with Crippen molar-refractivity contribution in [2.24, 2.45) is 0 Å². The maximum atomic E-state index is 10.7. The summed E-state index contributed by atoms with van der Waals surface area (Å²) in [5, 5.41) is 26.3. The summed E-state index contributed by atoms with van der Waals surface area (Å²) in [6.45, 7) is 3.35. The molecular formula is C12H17N3O3. The maximum absolute atomic E-state index is 10.7. The van der Waals surface area contributed by atoms with Gasteiger partial charge in [-0.3, -0.25) is 0 Å². The molecule has 98 valence electrons. The summed E-state index contributed by atoms with van der Waals surface area (Å²) < 4.78 is 0. The molecule has 0 aromatic carbocycles. The molecule has 1 aliphatic heterocycles. The Balaban J connectivity index is 2.09. The van der Waals surface area contributed by atoms with E-state index < -0.39 is 11.6 Å². The predicted octanol–water partition coefficient (Wildman–Crippen LogP) is 0.916. The van der Waals surface area contributed by atoms with E-state index in [-0.39, 0.29) is 5.69 Å². The van der Waals surface area contributed by atoms with Gasteiger partial charge in [0.15, 0.2) is 11.5 Å². The molecule has 1 aromatic rings. The summed E-state index contributed by atoms with van der Waals surface area (Å²) in [5.41, 5.74) is -0.677. The summed E-state index contributed by atoms with van der Waals surface area (Å²) in [6, 6.07) is 3.12. The summed E-state index contributed by atoms with van der Waals surface area (Å²) in [5.74, 6) is -0.412. The molecule has 1 aromatic heterocycles. The van der Waals surface area contributed by atoms with Crippen LogP contribution in [0.5, 0.6) is 0 Å². The van der Waals surface area contributed by atoms with E-state index in [1.807, 2.05) is 11.8 Å². The fourth-order valence-corrected chi connectivity index (χ4v) is 2.10. The topological polar surface area (TPSA) is 86.5 Å². The zero-order valence-corrected chi connectivity index (χ0v) is 10.3. The Kier molecular flexibility index (Phi) is 3.47. The van der Waals surface area contributed by atoms with Crippen LogP contribution in [0.1, 0.15) is 36.7 Å². The van der Waals surface area contributed by atoms with Crippen LogP contribution in [0.4, 0.5) is 5.82 Å². The lowest BCUT2D eigenvalue weighted by atomic mass is 9.98. The third-order valence-electron chi connectivity index (χ3n) is 3.26.